The van der Waals surface area contributed by atoms with Gasteiger partial charge in [-0.1, -0.05) is 35.0 Å². The van der Waals surface area contributed by atoms with Crippen LogP contribution in [0.25, 0.3) is 11.3 Å². The number of phosphoric acid groups is 1. The second-order valence-corrected chi connectivity index (χ2v) is 8.98. The third-order valence-corrected chi connectivity index (χ3v) is 5.45. The standard InChI is InChI=1S/C22H20ClN4O6P/c23-17-4-1-3-16(9-17)13-31-21-7-6-15(12-25-21)10-18-11-20(33-26-18)19-5-2-8-27(22(19)24)14-32-34(28,29)30/h1-9,11-12,24H,10,13-14H2,(H2,28,29,30)/p+1. The second-order valence-electron chi connectivity index (χ2n) is 7.31. The average molecular weight is 504 g/mol. The SMILES string of the molecule is Nc1c(-c2cc(Cc3ccc(OCc4cccc(Cl)c4)nc3)no2)ccc[n+]1COP(=O)(O)O. The van der Waals surface area contributed by atoms with Gasteiger partial charge in [0.15, 0.2) is 5.76 Å². The molecule has 1 aromatic carbocycles. The van der Waals surface area contributed by atoms with E-state index in [1.807, 2.05) is 24.3 Å². The third-order valence-electron chi connectivity index (χ3n) is 4.76. The normalized spacial score (nSPS) is 11.5. The van der Waals surface area contributed by atoms with Crippen molar-refractivity contribution in [3.8, 4) is 17.2 Å². The van der Waals surface area contributed by atoms with Gasteiger partial charge in [-0.05, 0) is 35.4 Å². The molecule has 0 saturated carbocycles. The lowest BCUT2D eigenvalue weighted by Crippen LogP contribution is -2.38. The summed E-state index contributed by atoms with van der Waals surface area (Å²) < 4.78 is 27.9. The Bertz CT molecular complexity index is 1330. The third kappa shape index (κ3) is 6.40. The molecule has 0 spiro atoms. The maximum absolute atomic E-state index is 11.0. The summed E-state index contributed by atoms with van der Waals surface area (Å²) in [6, 6.07) is 16.2. The van der Waals surface area contributed by atoms with Crippen molar-refractivity contribution in [2.45, 2.75) is 19.8 Å². The summed E-state index contributed by atoms with van der Waals surface area (Å²) in [6.45, 7) is -0.0560. The maximum atomic E-state index is 11.0. The number of nitrogens with zero attached hydrogens (tertiary/aromatic N) is 3. The summed E-state index contributed by atoms with van der Waals surface area (Å²) in [5.74, 6) is 1.11. The van der Waals surface area contributed by atoms with Crippen LogP contribution in [0.5, 0.6) is 5.88 Å². The minimum Gasteiger partial charge on any atom is -0.473 e. The first-order chi connectivity index (χ1) is 16.3. The van der Waals surface area contributed by atoms with Gasteiger partial charge in [0, 0.05) is 29.8 Å². The summed E-state index contributed by atoms with van der Waals surface area (Å²) in [4.78, 5) is 22.1. The number of aromatic nitrogens is 3. The van der Waals surface area contributed by atoms with Gasteiger partial charge < -0.3 is 19.0 Å². The Morgan fingerprint density at radius 1 is 1.12 bits per heavy atom. The fourth-order valence-electron chi connectivity index (χ4n) is 3.14. The van der Waals surface area contributed by atoms with Gasteiger partial charge in [0.25, 0.3) is 5.82 Å². The zero-order valence-corrected chi connectivity index (χ0v) is 19.4. The largest absolute Gasteiger partial charge is 0.473 e. The molecule has 34 heavy (non-hydrogen) atoms. The molecule has 0 aliphatic rings. The topological polar surface area (TPSA) is 145 Å². The van der Waals surface area contributed by atoms with Crippen molar-refractivity contribution >= 4 is 25.2 Å². The highest BCUT2D eigenvalue weighted by Crippen LogP contribution is 2.35. The molecule has 3 aromatic heterocycles. The number of hydrogen-bond donors (Lipinski definition) is 3. The second kappa shape index (κ2) is 10.3. The molecular weight excluding hydrogens is 483 g/mol. The number of phosphoric ester groups is 1. The number of halogens is 1. The van der Waals surface area contributed by atoms with Gasteiger partial charge in [-0.15, -0.1) is 0 Å². The van der Waals surface area contributed by atoms with Crippen molar-refractivity contribution in [2.75, 3.05) is 5.73 Å². The highest BCUT2D eigenvalue weighted by molar-refractivity contribution is 7.46. The van der Waals surface area contributed by atoms with E-state index in [2.05, 4.69) is 14.7 Å². The van der Waals surface area contributed by atoms with E-state index in [-0.39, 0.29) is 5.82 Å². The lowest BCUT2D eigenvalue weighted by Gasteiger charge is -2.07. The van der Waals surface area contributed by atoms with E-state index in [9.17, 15) is 4.57 Å². The summed E-state index contributed by atoms with van der Waals surface area (Å²) in [6.07, 6.45) is 3.71. The Morgan fingerprint density at radius 3 is 2.71 bits per heavy atom. The van der Waals surface area contributed by atoms with E-state index in [4.69, 9.17) is 36.4 Å². The number of nitrogen functional groups attached to an aromatic ring is 1. The monoisotopic (exact) mass is 503 g/mol. The Balaban J connectivity index is 1.40. The number of hydrogen-bond acceptors (Lipinski definition) is 7. The molecule has 0 aliphatic heterocycles. The number of pyridine rings is 2. The van der Waals surface area contributed by atoms with Crippen molar-refractivity contribution in [3.05, 3.63) is 88.8 Å². The maximum Gasteiger partial charge on any atom is 0.472 e. The van der Waals surface area contributed by atoms with Crippen LogP contribution in [0.4, 0.5) is 5.82 Å². The lowest BCUT2D eigenvalue weighted by atomic mass is 10.1. The van der Waals surface area contributed by atoms with Gasteiger partial charge in [-0.25, -0.2) is 18.6 Å². The highest BCUT2D eigenvalue weighted by atomic mass is 35.5. The predicted octanol–water partition coefficient (Wildman–Crippen LogP) is 3.50. The van der Waals surface area contributed by atoms with Crippen LogP contribution in [0, 0.1) is 0 Å². The van der Waals surface area contributed by atoms with Crippen LogP contribution in [-0.2, 0) is 28.8 Å². The number of anilines is 1. The van der Waals surface area contributed by atoms with Gasteiger partial charge in [-0.2, -0.15) is 0 Å². The molecule has 0 aliphatic carbocycles. The number of nitrogens with two attached hydrogens (primary N) is 1. The Hall–Kier alpha value is -3.27. The van der Waals surface area contributed by atoms with Crippen LogP contribution in [0.15, 0.2) is 71.5 Å². The molecule has 12 heteroatoms. The molecule has 0 fully saturated rings. The number of benzene rings is 1. The van der Waals surface area contributed by atoms with Crippen LogP contribution < -0.4 is 15.0 Å². The Labute approximate surface area is 199 Å². The predicted molar refractivity (Wildman–Crippen MR) is 123 cm³/mol. The molecule has 3 heterocycles. The van der Waals surface area contributed by atoms with E-state index >= 15 is 0 Å². The smallest absolute Gasteiger partial charge is 0.472 e. The molecule has 0 saturated heterocycles. The van der Waals surface area contributed by atoms with E-state index in [0.717, 1.165) is 11.1 Å². The van der Waals surface area contributed by atoms with Crippen molar-refractivity contribution in [2.24, 2.45) is 0 Å². The molecular formula is C22H21ClN4O6P+. The minimum absolute atomic E-state index is 0.210. The highest BCUT2D eigenvalue weighted by Gasteiger charge is 2.20. The van der Waals surface area contributed by atoms with E-state index in [1.165, 1.54) is 10.8 Å². The van der Waals surface area contributed by atoms with Crippen molar-refractivity contribution < 1.29 is 32.7 Å². The van der Waals surface area contributed by atoms with Crippen LogP contribution in [0.2, 0.25) is 5.02 Å². The Kier molecular flexibility index (Phi) is 7.26. The summed E-state index contributed by atoms with van der Waals surface area (Å²) in [5, 5.41) is 4.73. The van der Waals surface area contributed by atoms with Crippen LogP contribution in [0.1, 0.15) is 16.8 Å². The van der Waals surface area contributed by atoms with E-state index < -0.39 is 14.6 Å². The van der Waals surface area contributed by atoms with Gasteiger partial charge in [0.2, 0.25) is 12.6 Å². The van der Waals surface area contributed by atoms with Crippen molar-refractivity contribution in [1.82, 2.24) is 10.1 Å². The summed E-state index contributed by atoms with van der Waals surface area (Å²) >= 11 is 5.99. The van der Waals surface area contributed by atoms with Crippen molar-refractivity contribution in [3.63, 3.8) is 0 Å². The molecule has 10 nitrogen and oxygen atoms in total. The average Bonchev–Trinajstić information content (AvgIpc) is 3.25. The zero-order valence-electron chi connectivity index (χ0n) is 17.7. The zero-order chi connectivity index (χ0) is 24.1. The first kappa shape index (κ1) is 23.9. The van der Waals surface area contributed by atoms with Gasteiger partial charge in [0.05, 0.1) is 11.9 Å². The molecule has 4 rings (SSSR count). The van der Waals surface area contributed by atoms with E-state index in [0.29, 0.717) is 40.9 Å². The van der Waals surface area contributed by atoms with Crippen molar-refractivity contribution in [1.29, 1.82) is 0 Å². The lowest BCUT2D eigenvalue weighted by molar-refractivity contribution is -0.711. The van der Waals surface area contributed by atoms with Gasteiger partial charge in [0.1, 0.15) is 12.2 Å². The fraction of sp³-hybridized carbons (Fsp3) is 0.136. The van der Waals surface area contributed by atoms with E-state index in [1.54, 1.807) is 36.5 Å². The first-order valence-electron chi connectivity index (χ1n) is 10.0. The first-order valence-corrected chi connectivity index (χ1v) is 11.9. The fourth-order valence-corrected chi connectivity index (χ4v) is 3.63. The number of rotatable bonds is 9. The van der Waals surface area contributed by atoms with Crippen LogP contribution in [-0.4, -0.2) is 19.9 Å². The molecule has 0 atom stereocenters. The molecule has 4 N–H and O–H groups in total. The molecule has 0 amide bonds. The van der Waals surface area contributed by atoms with Gasteiger partial charge >= 0.3 is 7.82 Å². The molecule has 0 unspecified atom stereocenters. The molecule has 0 radical (unpaired) electrons. The summed E-state index contributed by atoms with van der Waals surface area (Å²) in [5.41, 5.74) is 9.13. The quantitative estimate of drug-likeness (QED) is 0.231. The minimum atomic E-state index is -4.63. The summed E-state index contributed by atoms with van der Waals surface area (Å²) in [7, 11) is -4.63. The molecule has 4 aromatic rings. The molecule has 0 bridgehead atoms. The number of ether oxygens (including phenoxy) is 1. The van der Waals surface area contributed by atoms with Crippen LogP contribution in [0.3, 0.4) is 0 Å². The van der Waals surface area contributed by atoms with Gasteiger partial charge in [-0.3, -0.25) is 5.73 Å². The molecule has 176 valence electrons. The van der Waals surface area contributed by atoms with Crippen LogP contribution >= 0.6 is 19.4 Å². The Morgan fingerprint density at radius 2 is 1.97 bits per heavy atom.